The molecule has 4 saturated carbocycles. The van der Waals surface area contributed by atoms with Crippen molar-refractivity contribution < 1.29 is 28.6 Å². The Labute approximate surface area is 293 Å². The maximum absolute atomic E-state index is 13.5. The van der Waals surface area contributed by atoms with Crippen molar-refractivity contribution in [2.45, 2.75) is 131 Å². The third-order valence-electron chi connectivity index (χ3n) is 15.0. The monoisotopic (exact) mass is 687 g/mol. The number of allylic oxidation sites excluding steroid dienone is 2. The molecular weight excluding hydrogens is 629 g/mol. The molecule has 6 rings (SSSR count). The Morgan fingerprint density at radius 1 is 0.979 bits per heavy atom. The first-order valence-corrected chi connectivity index (χ1v) is 18.1. The molecule has 6 nitrogen and oxygen atoms in total. The van der Waals surface area contributed by atoms with Gasteiger partial charge < -0.3 is 20.3 Å². The lowest BCUT2D eigenvalue weighted by Gasteiger charge is -2.71. The van der Waals surface area contributed by atoms with Crippen LogP contribution in [0.4, 0.5) is 4.39 Å². The van der Waals surface area contributed by atoms with Crippen LogP contribution in [0, 0.1) is 56.1 Å². The zero-order chi connectivity index (χ0) is 34.2. The molecule has 268 valence electrons. The average molecular weight is 688 g/mol. The molecule has 0 amide bonds. The van der Waals surface area contributed by atoms with Gasteiger partial charge in [0, 0.05) is 5.41 Å². The predicted molar refractivity (Wildman–Crippen MR) is 188 cm³/mol. The number of carboxylic acid groups (broad SMARTS) is 1. The highest BCUT2D eigenvalue weighted by atomic mass is 35.5. The van der Waals surface area contributed by atoms with Crippen LogP contribution in [0.2, 0.25) is 0 Å². The maximum Gasteiger partial charge on any atom is 0.325 e. The van der Waals surface area contributed by atoms with Gasteiger partial charge in [0.2, 0.25) is 0 Å². The molecule has 3 N–H and O–H groups in total. The molecule has 0 spiro atoms. The molecule has 8 heteroatoms. The van der Waals surface area contributed by atoms with Crippen LogP contribution >= 0.6 is 12.4 Å². The Kier molecular flexibility index (Phi) is 9.84. The number of fused-ring (bicyclic) bond motifs is 7. The molecule has 48 heavy (non-hydrogen) atoms. The minimum atomic E-state index is -0.904. The second-order valence-corrected chi connectivity index (χ2v) is 18.2. The van der Waals surface area contributed by atoms with E-state index < -0.39 is 23.4 Å². The average Bonchev–Trinajstić information content (AvgIpc) is 2.98. The first-order chi connectivity index (χ1) is 21.9. The van der Waals surface area contributed by atoms with Crippen LogP contribution in [0.3, 0.4) is 0 Å². The molecule has 1 aromatic carbocycles. The van der Waals surface area contributed by atoms with E-state index in [1.54, 1.807) is 12.1 Å². The van der Waals surface area contributed by atoms with Gasteiger partial charge in [-0.2, -0.15) is 0 Å². The Bertz CT molecular complexity index is 1440. The molecular formula is C40H59ClFNO5. The summed E-state index contributed by atoms with van der Waals surface area (Å²) in [5.41, 5.74) is 7.81. The minimum absolute atomic E-state index is 0. The van der Waals surface area contributed by atoms with Gasteiger partial charge in [0.15, 0.2) is 0 Å². The number of esters is 1. The number of carboxylic acids is 1. The van der Waals surface area contributed by atoms with Crippen LogP contribution in [0.5, 0.6) is 0 Å². The standard InChI is InChI=1S/C40H58FNO5.ClH/c1-35(2)17-19-40(34(44)45)20-18-38(6)27(28(40)22-35)11-12-31-37(5)15-14-32(36(3,4)30(37)13-16-39(31,38)7)47-33(43)29(42)24-46-23-25-9-8-10-26(41)21-25;/h8-11,21,28-32H,12-20,22-24,42H2,1-7H3,(H,44,45);1H/t28-,29-,30-,31+,32-,37-,38+,39+,40-;/m0./s1. The van der Waals surface area contributed by atoms with Crippen LogP contribution in [0.1, 0.15) is 118 Å². The Balaban J connectivity index is 0.00000451. The van der Waals surface area contributed by atoms with Crippen LogP contribution in [-0.2, 0) is 25.7 Å². The topological polar surface area (TPSA) is 98.9 Å². The van der Waals surface area contributed by atoms with Crippen LogP contribution in [-0.4, -0.2) is 35.8 Å². The first-order valence-electron chi connectivity index (χ1n) is 18.1. The second kappa shape index (κ2) is 12.7. The molecule has 5 aliphatic rings. The number of carbonyl (C=O) groups excluding carboxylic acids is 1. The number of hydrogen-bond acceptors (Lipinski definition) is 5. The van der Waals surface area contributed by atoms with E-state index in [9.17, 15) is 19.1 Å². The summed E-state index contributed by atoms with van der Waals surface area (Å²) in [5, 5.41) is 10.6. The normalized spacial score (nSPS) is 40.0. The number of nitrogens with two attached hydrogens (primary N) is 1. The first kappa shape index (κ1) is 37.3. The van der Waals surface area contributed by atoms with E-state index in [4.69, 9.17) is 15.2 Å². The van der Waals surface area contributed by atoms with Crippen molar-refractivity contribution in [2.75, 3.05) is 6.61 Å². The molecule has 4 fully saturated rings. The molecule has 0 heterocycles. The molecule has 9 atom stereocenters. The Morgan fingerprint density at radius 2 is 1.69 bits per heavy atom. The number of rotatable bonds is 7. The lowest BCUT2D eigenvalue weighted by atomic mass is 9.33. The fourth-order valence-corrected chi connectivity index (χ4v) is 12.0. The highest BCUT2D eigenvalue weighted by molar-refractivity contribution is 5.85. The zero-order valence-corrected chi connectivity index (χ0v) is 31.0. The van der Waals surface area contributed by atoms with Gasteiger partial charge in [0.1, 0.15) is 18.0 Å². The van der Waals surface area contributed by atoms with Gasteiger partial charge in [-0.15, -0.1) is 12.4 Å². The Hall–Kier alpha value is -1.96. The van der Waals surface area contributed by atoms with Crippen molar-refractivity contribution in [1.82, 2.24) is 0 Å². The fourth-order valence-electron chi connectivity index (χ4n) is 12.0. The Morgan fingerprint density at radius 3 is 2.38 bits per heavy atom. The van der Waals surface area contributed by atoms with Gasteiger partial charge in [-0.1, -0.05) is 72.2 Å². The summed E-state index contributed by atoms with van der Waals surface area (Å²) in [6.45, 7) is 16.9. The van der Waals surface area contributed by atoms with E-state index in [0.29, 0.717) is 17.4 Å². The largest absolute Gasteiger partial charge is 0.481 e. The minimum Gasteiger partial charge on any atom is -0.481 e. The molecule has 1 aromatic rings. The number of halogens is 2. The van der Waals surface area contributed by atoms with Crippen molar-refractivity contribution in [1.29, 1.82) is 0 Å². The zero-order valence-electron chi connectivity index (χ0n) is 30.2. The summed E-state index contributed by atoms with van der Waals surface area (Å²) in [7, 11) is 0. The van der Waals surface area contributed by atoms with Crippen LogP contribution in [0.15, 0.2) is 35.9 Å². The predicted octanol–water partition coefficient (Wildman–Crippen LogP) is 8.89. The molecule has 0 unspecified atom stereocenters. The molecule has 0 aliphatic heterocycles. The third kappa shape index (κ3) is 5.76. The van der Waals surface area contributed by atoms with Crippen molar-refractivity contribution in [2.24, 2.45) is 56.0 Å². The van der Waals surface area contributed by atoms with E-state index in [2.05, 4.69) is 54.5 Å². The van der Waals surface area contributed by atoms with Crippen LogP contribution < -0.4 is 5.73 Å². The lowest BCUT2D eigenvalue weighted by molar-refractivity contribution is -0.214. The maximum atomic E-state index is 13.5. The number of benzene rings is 1. The molecule has 5 aliphatic carbocycles. The second-order valence-electron chi connectivity index (χ2n) is 18.2. The molecule has 0 bridgehead atoms. The quantitative estimate of drug-likeness (QED) is 0.219. The summed E-state index contributed by atoms with van der Waals surface area (Å²) in [6, 6.07) is 5.31. The van der Waals surface area contributed by atoms with Gasteiger partial charge in [0.25, 0.3) is 0 Å². The number of carbonyl (C=O) groups is 2. The van der Waals surface area contributed by atoms with Gasteiger partial charge in [-0.05, 0) is 121 Å². The van der Waals surface area contributed by atoms with E-state index in [0.717, 1.165) is 64.2 Å². The summed E-state index contributed by atoms with van der Waals surface area (Å²) in [6.07, 6.45) is 11.7. The highest BCUT2D eigenvalue weighted by Crippen LogP contribution is 2.75. The van der Waals surface area contributed by atoms with Crippen molar-refractivity contribution in [3.8, 4) is 0 Å². The van der Waals surface area contributed by atoms with Gasteiger partial charge in [0.05, 0.1) is 18.6 Å². The summed E-state index contributed by atoms with van der Waals surface area (Å²) in [5.74, 6) is -0.380. The van der Waals surface area contributed by atoms with E-state index in [-0.39, 0.29) is 70.5 Å². The van der Waals surface area contributed by atoms with Gasteiger partial charge >= 0.3 is 11.9 Å². The van der Waals surface area contributed by atoms with E-state index in [1.807, 2.05) is 0 Å². The van der Waals surface area contributed by atoms with Gasteiger partial charge in [-0.3, -0.25) is 9.59 Å². The van der Waals surface area contributed by atoms with Crippen molar-refractivity contribution in [3.63, 3.8) is 0 Å². The summed E-state index contributed by atoms with van der Waals surface area (Å²) in [4.78, 5) is 26.2. The molecule has 0 saturated heterocycles. The number of aliphatic carboxylic acids is 1. The fraction of sp³-hybridized carbons (Fsp3) is 0.750. The molecule has 0 radical (unpaired) electrons. The number of ether oxygens (including phenoxy) is 2. The highest BCUT2D eigenvalue weighted by Gasteiger charge is 2.69. The van der Waals surface area contributed by atoms with E-state index >= 15 is 0 Å². The molecule has 0 aromatic heterocycles. The summed E-state index contributed by atoms with van der Waals surface area (Å²) >= 11 is 0. The third-order valence-corrected chi connectivity index (χ3v) is 15.0. The van der Waals surface area contributed by atoms with E-state index in [1.165, 1.54) is 17.7 Å². The SMILES string of the molecule is CC1(C)CC[C@]2(C(=O)O)CC[C@]3(C)C(=CC[C@@H]4[C@@]5(C)CC[C@H](OC(=O)[C@@H](N)COCc6cccc(F)c6)C(C)(C)[C@@H]5CC[C@]43C)[C@@H]2C1.Cl. The summed E-state index contributed by atoms with van der Waals surface area (Å²) < 4.78 is 25.4. The number of hydrogen-bond donors (Lipinski definition) is 2. The van der Waals surface area contributed by atoms with Gasteiger partial charge in [-0.25, -0.2) is 4.39 Å². The van der Waals surface area contributed by atoms with Crippen molar-refractivity contribution >= 4 is 24.3 Å². The van der Waals surface area contributed by atoms with Crippen molar-refractivity contribution in [3.05, 3.63) is 47.3 Å². The lowest BCUT2D eigenvalue weighted by Crippen LogP contribution is -2.65. The van der Waals surface area contributed by atoms with Crippen LogP contribution in [0.25, 0.3) is 0 Å². The smallest absolute Gasteiger partial charge is 0.325 e.